The molecule has 356 valence electrons. The van der Waals surface area contributed by atoms with Gasteiger partial charge in [0.2, 0.25) is 5.91 Å². The lowest BCUT2D eigenvalue weighted by molar-refractivity contribution is -0.870. The fourth-order valence-corrected chi connectivity index (χ4v) is 7.15. The van der Waals surface area contributed by atoms with Gasteiger partial charge in [-0.15, -0.1) is 0 Å². The normalized spacial score (nSPS) is 15.0. The van der Waals surface area contributed by atoms with Crippen LogP contribution in [0.4, 0.5) is 0 Å². The maximum absolute atomic E-state index is 12.9. The quantitative estimate of drug-likeness (QED) is 0.0273. The molecule has 0 aliphatic heterocycles. The molecule has 9 heteroatoms. The highest BCUT2D eigenvalue weighted by molar-refractivity contribution is 7.45. The SMILES string of the molecule is CC/C=C\C/C=C\C/C=C\C/C=C\C/C=C\C/C=C\C/C=C\CCCCCCCC(=O)NC(COP(=O)([O-])OCC[N+](C)(C)C)C(O)/C=C/CCCCCCCCCCCCC. The molecular formula is C53H93N2O6P. The Morgan fingerprint density at radius 3 is 1.44 bits per heavy atom. The average molecular weight is 885 g/mol. The van der Waals surface area contributed by atoms with Crippen molar-refractivity contribution >= 4 is 13.7 Å². The number of aliphatic hydroxyl groups excluding tert-OH is 1. The fraction of sp³-hybridized carbons (Fsp3) is 0.679. The smallest absolute Gasteiger partial charge is 0.268 e. The number of carbonyl (C=O) groups excluding carboxylic acids is 1. The van der Waals surface area contributed by atoms with Crippen molar-refractivity contribution in [1.82, 2.24) is 5.32 Å². The summed E-state index contributed by atoms with van der Waals surface area (Å²) >= 11 is 0. The summed E-state index contributed by atoms with van der Waals surface area (Å²) in [6.07, 6.45) is 61.7. The van der Waals surface area contributed by atoms with Crippen LogP contribution in [-0.2, 0) is 18.4 Å². The minimum atomic E-state index is -4.60. The lowest BCUT2D eigenvalue weighted by atomic mass is 10.0. The summed E-state index contributed by atoms with van der Waals surface area (Å²) in [5, 5.41) is 13.8. The molecule has 0 fully saturated rings. The van der Waals surface area contributed by atoms with Crippen LogP contribution in [-0.4, -0.2) is 68.5 Å². The number of hydrogen-bond acceptors (Lipinski definition) is 6. The molecule has 1 amide bonds. The van der Waals surface area contributed by atoms with Crippen molar-refractivity contribution in [3.63, 3.8) is 0 Å². The maximum Gasteiger partial charge on any atom is 0.268 e. The summed E-state index contributed by atoms with van der Waals surface area (Å²) in [5.41, 5.74) is 0. The van der Waals surface area contributed by atoms with Crippen LogP contribution >= 0.6 is 7.82 Å². The van der Waals surface area contributed by atoms with E-state index in [1.807, 2.05) is 27.2 Å². The Kier molecular flexibility index (Phi) is 41.8. The first-order chi connectivity index (χ1) is 30.0. The van der Waals surface area contributed by atoms with Crippen molar-refractivity contribution in [2.75, 3.05) is 40.9 Å². The molecule has 2 N–H and O–H groups in total. The van der Waals surface area contributed by atoms with Crippen LogP contribution in [0.2, 0.25) is 0 Å². The highest BCUT2D eigenvalue weighted by Gasteiger charge is 2.23. The van der Waals surface area contributed by atoms with E-state index in [9.17, 15) is 19.4 Å². The summed E-state index contributed by atoms with van der Waals surface area (Å²) < 4.78 is 23.2. The molecule has 0 saturated carbocycles. The Balaban J connectivity index is 4.36. The van der Waals surface area contributed by atoms with Crippen molar-refractivity contribution in [3.8, 4) is 0 Å². The van der Waals surface area contributed by atoms with Gasteiger partial charge in [0, 0.05) is 6.42 Å². The van der Waals surface area contributed by atoms with E-state index in [1.54, 1.807) is 6.08 Å². The van der Waals surface area contributed by atoms with Gasteiger partial charge in [-0.2, -0.15) is 0 Å². The van der Waals surface area contributed by atoms with E-state index in [2.05, 4.69) is 104 Å². The molecule has 0 aromatic heterocycles. The van der Waals surface area contributed by atoms with Gasteiger partial charge in [0.25, 0.3) is 7.82 Å². The zero-order valence-corrected chi connectivity index (χ0v) is 41.2. The summed E-state index contributed by atoms with van der Waals surface area (Å²) in [5.74, 6) is -0.222. The Morgan fingerprint density at radius 1 is 0.581 bits per heavy atom. The first kappa shape index (κ1) is 59.4. The van der Waals surface area contributed by atoms with Crippen LogP contribution in [0.25, 0.3) is 0 Å². The molecular weight excluding hydrogens is 792 g/mol. The third kappa shape index (κ3) is 45.4. The van der Waals surface area contributed by atoms with Crippen molar-refractivity contribution in [2.45, 2.75) is 193 Å². The number of nitrogens with zero attached hydrogens (tertiary/aromatic N) is 1. The lowest BCUT2D eigenvalue weighted by Crippen LogP contribution is -2.45. The fourth-order valence-electron chi connectivity index (χ4n) is 6.42. The van der Waals surface area contributed by atoms with Gasteiger partial charge in [-0.1, -0.05) is 195 Å². The lowest BCUT2D eigenvalue weighted by Gasteiger charge is -2.29. The maximum atomic E-state index is 12.9. The number of hydrogen-bond donors (Lipinski definition) is 2. The number of phosphoric acid groups is 1. The summed E-state index contributed by atoms with van der Waals surface area (Å²) in [7, 11) is 1.23. The van der Waals surface area contributed by atoms with Gasteiger partial charge in [0.05, 0.1) is 39.9 Å². The monoisotopic (exact) mass is 885 g/mol. The largest absolute Gasteiger partial charge is 0.756 e. The molecule has 3 unspecified atom stereocenters. The molecule has 0 aliphatic rings. The number of carbonyl (C=O) groups is 1. The van der Waals surface area contributed by atoms with Gasteiger partial charge in [-0.3, -0.25) is 9.36 Å². The molecule has 0 saturated heterocycles. The predicted octanol–water partition coefficient (Wildman–Crippen LogP) is 13.7. The summed E-state index contributed by atoms with van der Waals surface area (Å²) in [6, 6.07) is -0.903. The number of rotatable bonds is 43. The van der Waals surface area contributed by atoms with Gasteiger partial charge in [-0.05, 0) is 77.0 Å². The van der Waals surface area contributed by atoms with Crippen LogP contribution in [0.5, 0.6) is 0 Å². The molecule has 0 aromatic rings. The van der Waals surface area contributed by atoms with Crippen molar-refractivity contribution in [2.24, 2.45) is 0 Å². The number of amides is 1. The van der Waals surface area contributed by atoms with E-state index >= 15 is 0 Å². The number of unbranched alkanes of at least 4 members (excludes halogenated alkanes) is 16. The first-order valence-corrected chi connectivity index (χ1v) is 26.1. The third-order valence-corrected chi connectivity index (χ3v) is 11.3. The van der Waals surface area contributed by atoms with E-state index in [1.165, 1.54) is 57.8 Å². The summed E-state index contributed by atoms with van der Waals surface area (Å²) in [4.78, 5) is 25.4. The standard InChI is InChI=1S/C53H93N2O6P/c1-6-8-10-12-14-16-18-20-21-22-23-24-25-26-27-28-29-30-31-32-33-35-37-39-41-43-45-47-53(57)54-51(50-61-62(58,59)60-49-48-55(3,4)5)52(56)46-44-42-40-38-36-34-19-17-15-13-11-9-7-2/h8,10,14,16,20-21,23-24,26-27,29-30,32-33,44,46,51-52,56H,6-7,9,11-13,15,17-19,22,25,28,31,34-43,45,47-50H2,1-5H3,(H-,54,57,58,59)/b10-8-,16-14-,21-20-,24-23-,27-26-,30-29-,33-32-,46-44+. The highest BCUT2D eigenvalue weighted by atomic mass is 31.2. The molecule has 0 bridgehead atoms. The van der Waals surface area contributed by atoms with Crippen LogP contribution in [0, 0.1) is 0 Å². The minimum absolute atomic E-state index is 0.0106. The first-order valence-electron chi connectivity index (χ1n) is 24.6. The van der Waals surface area contributed by atoms with E-state index in [-0.39, 0.29) is 12.5 Å². The van der Waals surface area contributed by atoms with Crippen LogP contribution in [0.3, 0.4) is 0 Å². The Labute approximate surface area is 381 Å². The molecule has 62 heavy (non-hydrogen) atoms. The number of likely N-dealkylation sites (N-methyl/N-ethyl adjacent to an activating group) is 1. The van der Waals surface area contributed by atoms with Crippen LogP contribution in [0.15, 0.2) is 97.2 Å². The van der Waals surface area contributed by atoms with Crippen LogP contribution in [0.1, 0.15) is 181 Å². The summed E-state index contributed by atoms with van der Waals surface area (Å²) in [6.45, 7) is 4.49. The molecule has 0 radical (unpaired) electrons. The number of nitrogens with one attached hydrogen (secondary N) is 1. The van der Waals surface area contributed by atoms with E-state index in [0.717, 1.165) is 103 Å². The van der Waals surface area contributed by atoms with Crippen molar-refractivity contribution < 1.29 is 32.9 Å². The Bertz CT molecular complexity index is 1330. The number of phosphoric ester groups is 1. The average Bonchev–Trinajstić information content (AvgIpc) is 3.23. The van der Waals surface area contributed by atoms with E-state index in [0.29, 0.717) is 17.4 Å². The number of aliphatic hydroxyl groups is 1. The molecule has 0 heterocycles. The number of allylic oxidation sites excluding steroid dienone is 15. The zero-order valence-electron chi connectivity index (χ0n) is 40.3. The minimum Gasteiger partial charge on any atom is -0.756 e. The van der Waals surface area contributed by atoms with E-state index in [4.69, 9.17) is 9.05 Å². The topological polar surface area (TPSA) is 108 Å². The molecule has 0 aromatic carbocycles. The van der Waals surface area contributed by atoms with E-state index < -0.39 is 26.6 Å². The second-order valence-electron chi connectivity index (χ2n) is 17.4. The van der Waals surface area contributed by atoms with Crippen LogP contribution < -0.4 is 10.2 Å². The highest BCUT2D eigenvalue weighted by Crippen LogP contribution is 2.38. The zero-order chi connectivity index (χ0) is 45.7. The second kappa shape index (κ2) is 43.7. The third-order valence-electron chi connectivity index (χ3n) is 10.3. The van der Waals surface area contributed by atoms with Crippen molar-refractivity contribution in [1.29, 1.82) is 0 Å². The predicted molar refractivity (Wildman–Crippen MR) is 265 cm³/mol. The molecule has 8 nitrogen and oxygen atoms in total. The Hall–Kier alpha value is -2.58. The van der Waals surface area contributed by atoms with Gasteiger partial charge in [0.1, 0.15) is 13.2 Å². The number of quaternary nitrogens is 1. The van der Waals surface area contributed by atoms with Gasteiger partial charge < -0.3 is 28.8 Å². The molecule has 0 rings (SSSR count). The van der Waals surface area contributed by atoms with Gasteiger partial charge in [0.15, 0.2) is 0 Å². The molecule has 3 atom stereocenters. The molecule has 0 aliphatic carbocycles. The van der Waals surface area contributed by atoms with Gasteiger partial charge >= 0.3 is 0 Å². The second-order valence-corrected chi connectivity index (χ2v) is 18.8. The van der Waals surface area contributed by atoms with Gasteiger partial charge in [-0.25, -0.2) is 0 Å². The van der Waals surface area contributed by atoms with Crippen molar-refractivity contribution in [3.05, 3.63) is 97.2 Å². The Morgan fingerprint density at radius 2 is 0.984 bits per heavy atom. The molecule has 0 spiro atoms.